The maximum absolute atomic E-state index is 12.0. The van der Waals surface area contributed by atoms with Crippen molar-refractivity contribution < 1.29 is 13.2 Å². The fraction of sp³-hybridized carbons (Fsp3) is 0.385. The third-order valence-corrected chi connectivity index (χ3v) is 4.11. The molecule has 0 aliphatic rings. The van der Waals surface area contributed by atoms with Gasteiger partial charge in [-0.3, -0.25) is 4.79 Å². The molecule has 7 heteroatoms. The van der Waals surface area contributed by atoms with Crippen molar-refractivity contribution in [3.63, 3.8) is 0 Å². The first-order valence-corrected chi connectivity index (χ1v) is 7.66. The molecule has 0 saturated carbocycles. The summed E-state index contributed by atoms with van der Waals surface area (Å²) in [6.07, 6.45) is 0.0856. The quantitative estimate of drug-likeness (QED) is 0.805. The topological polar surface area (TPSA) is 99.1 Å². The number of hydrogen-bond donors (Lipinski definition) is 2. The SMILES string of the molecule is CCNC(=O)CCNS(=O)(=O)c1ccc(C#N)c(C)c1. The van der Waals surface area contributed by atoms with Gasteiger partial charge < -0.3 is 5.32 Å². The number of benzene rings is 1. The summed E-state index contributed by atoms with van der Waals surface area (Å²) in [6, 6.07) is 6.26. The summed E-state index contributed by atoms with van der Waals surface area (Å²) >= 11 is 0. The van der Waals surface area contributed by atoms with Gasteiger partial charge in [-0.15, -0.1) is 0 Å². The molecule has 1 amide bonds. The molecule has 20 heavy (non-hydrogen) atoms. The molecule has 0 unspecified atom stereocenters. The molecule has 108 valence electrons. The minimum absolute atomic E-state index is 0.0349. The van der Waals surface area contributed by atoms with E-state index in [1.54, 1.807) is 13.8 Å². The molecule has 0 aliphatic heterocycles. The van der Waals surface area contributed by atoms with Crippen LogP contribution in [0, 0.1) is 18.3 Å². The summed E-state index contributed by atoms with van der Waals surface area (Å²) in [4.78, 5) is 11.3. The number of nitrogens with zero attached hydrogens (tertiary/aromatic N) is 1. The highest BCUT2D eigenvalue weighted by Crippen LogP contribution is 2.14. The van der Waals surface area contributed by atoms with Crippen LogP contribution in [0.25, 0.3) is 0 Å². The number of hydrogen-bond acceptors (Lipinski definition) is 4. The summed E-state index contributed by atoms with van der Waals surface area (Å²) in [5.41, 5.74) is 1.03. The van der Waals surface area contributed by atoms with Crippen molar-refractivity contribution in [2.75, 3.05) is 13.1 Å². The van der Waals surface area contributed by atoms with Gasteiger partial charge in [0, 0.05) is 19.5 Å². The molecular weight excluding hydrogens is 278 g/mol. The van der Waals surface area contributed by atoms with Crippen LogP contribution in [0.5, 0.6) is 0 Å². The van der Waals surface area contributed by atoms with E-state index in [4.69, 9.17) is 5.26 Å². The lowest BCUT2D eigenvalue weighted by Gasteiger charge is -2.08. The van der Waals surface area contributed by atoms with Crippen LogP contribution in [0.4, 0.5) is 0 Å². The molecule has 6 nitrogen and oxygen atoms in total. The van der Waals surface area contributed by atoms with Crippen LogP contribution in [0.15, 0.2) is 23.1 Å². The van der Waals surface area contributed by atoms with Gasteiger partial charge in [-0.05, 0) is 37.6 Å². The molecule has 0 aromatic heterocycles. The van der Waals surface area contributed by atoms with Crippen molar-refractivity contribution in [3.05, 3.63) is 29.3 Å². The number of carbonyl (C=O) groups is 1. The van der Waals surface area contributed by atoms with Crippen LogP contribution < -0.4 is 10.0 Å². The lowest BCUT2D eigenvalue weighted by atomic mass is 10.1. The van der Waals surface area contributed by atoms with Crippen molar-refractivity contribution in [1.82, 2.24) is 10.0 Å². The van der Waals surface area contributed by atoms with E-state index in [0.717, 1.165) is 0 Å². The van der Waals surface area contributed by atoms with Crippen LogP contribution in [0.2, 0.25) is 0 Å². The number of nitriles is 1. The number of aryl methyl sites for hydroxylation is 1. The van der Waals surface area contributed by atoms with Crippen LogP contribution in [-0.4, -0.2) is 27.4 Å². The molecule has 1 aromatic carbocycles. The van der Waals surface area contributed by atoms with E-state index in [1.807, 2.05) is 6.07 Å². The Balaban J connectivity index is 2.72. The summed E-state index contributed by atoms with van der Waals surface area (Å²) in [5.74, 6) is -0.203. The Hall–Kier alpha value is -1.91. The molecule has 0 spiro atoms. The second-order valence-electron chi connectivity index (χ2n) is 4.19. The Bertz CT molecular complexity index is 633. The summed E-state index contributed by atoms with van der Waals surface area (Å²) in [6.45, 7) is 4.02. The largest absolute Gasteiger partial charge is 0.356 e. The lowest BCUT2D eigenvalue weighted by molar-refractivity contribution is -0.120. The molecule has 1 aromatic rings. The number of nitrogens with one attached hydrogen (secondary N) is 2. The Kier molecular flexibility index (Phi) is 5.67. The van der Waals surface area contributed by atoms with Gasteiger partial charge in [-0.25, -0.2) is 13.1 Å². The highest BCUT2D eigenvalue weighted by atomic mass is 32.2. The van der Waals surface area contributed by atoms with Crippen molar-refractivity contribution in [2.45, 2.75) is 25.2 Å². The van der Waals surface area contributed by atoms with E-state index in [0.29, 0.717) is 17.7 Å². The van der Waals surface area contributed by atoms with Crippen molar-refractivity contribution in [1.29, 1.82) is 5.26 Å². The highest BCUT2D eigenvalue weighted by molar-refractivity contribution is 7.89. The van der Waals surface area contributed by atoms with Crippen LogP contribution >= 0.6 is 0 Å². The van der Waals surface area contributed by atoms with Gasteiger partial charge in [0.1, 0.15) is 0 Å². The molecule has 2 N–H and O–H groups in total. The highest BCUT2D eigenvalue weighted by Gasteiger charge is 2.15. The summed E-state index contributed by atoms with van der Waals surface area (Å²) in [7, 11) is -3.66. The first-order valence-electron chi connectivity index (χ1n) is 6.18. The standard InChI is InChI=1S/C13H17N3O3S/c1-3-15-13(17)6-7-16-20(18,19)12-5-4-11(9-14)10(2)8-12/h4-5,8,16H,3,6-7H2,1-2H3,(H,15,17). The van der Waals surface area contributed by atoms with E-state index < -0.39 is 10.0 Å². The molecule has 0 bridgehead atoms. The van der Waals surface area contributed by atoms with Crippen molar-refractivity contribution >= 4 is 15.9 Å². The third kappa shape index (κ3) is 4.33. The predicted molar refractivity (Wildman–Crippen MR) is 74.4 cm³/mol. The van der Waals surface area contributed by atoms with E-state index >= 15 is 0 Å². The minimum Gasteiger partial charge on any atom is -0.356 e. The molecule has 0 saturated heterocycles. The summed E-state index contributed by atoms with van der Waals surface area (Å²) < 4.78 is 26.4. The molecular formula is C13H17N3O3S. The van der Waals surface area contributed by atoms with Crippen LogP contribution in [0.1, 0.15) is 24.5 Å². The first-order chi connectivity index (χ1) is 9.40. The average Bonchev–Trinajstić information content (AvgIpc) is 2.38. The second kappa shape index (κ2) is 7.03. The van der Waals surface area contributed by atoms with Crippen LogP contribution in [-0.2, 0) is 14.8 Å². The fourth-order valence-corrected chi connectivity index (χ4v) is 2.71. The van der Waals surface area contributed by atoms with E-state index in [-0.39, 0.29) is 23.8 Å². The van der Waals surface area contributed by atoms with Gasteiger partial charge in [0.25, 0.3) is 0 Å². The Labute approximate surface area is 118 Å². The van der Waals surface area contributed by atoms with Crippen LogP contribution in [0.3, 0.4) is 0 Å². The van der Waals surface area contributed by atoms with Gasteiger partial charge >= 0.3 is 0 Å². The van der Waals surface area contributed by atoms with Crippen molar-refractivity contribution in [3.8, 4) is 6.07 Å². The second-order valence-corrected chi connectivity index (χ2v) is 5.96. The average molecular weight is 295 g/mol. The molecule has 0 radical (unpaired) electrons. The maximum Gasteiger partial charge on any atom is 0.240 e. The Morgan fingerprint density at radius 3 is 2.65 bits per heavy atom. The van der Waals surface area contributed by atoms with E-state index in [2.05, 4.69) is 10.0 Å². The summed E-state index contributed by atoms with van der Waals surface area (Å²) in [5, 5.41) is 11.4. The van der Waals surface area contributed by atoms with Gasteiger partial charge in [-0.1, -0.05) is 0 Å². The van der Waals surface area contributed by atoms with Gasteiger partial charge in [0.05, 0.1) is 16.5 Å². The Morgan fingerprint density at radius 1 is 1.40 bits per heavy atom. The smallest absolute Gasteiger partial charge is 0.240 e. The van der Waals surface area contributed by atoms with Gasteiger partial charge in [0.2, 0.25) is 15.9 Å². The monoisotopic (exact) mass is 295 g/mol. The van der Waals surface area contributed by atoms with E-state index in [9.17, 15) is 13.2 Å². The van der Waals surface area contributed by atoms with Crippen molar-refractivity contribution in [2.24, 2.45) is 0 Å². The number of carbonyl (C=O) groups excluding carboxylic acids is 1. The molecule has 1 rings (SSSR count). The molecule has 0 aliphatic carbocycles. The molecule has 0 heterocycles. The number of amides is 1. The van der Waals surface area contributed by atoms with Gasteiger partial charge in [0.15, 0.2) is 0 Å². The number of rotatable bonds is 6. The Morgan fingerprint density at radius 2 is 2.10 bits per heavy atom. The maximum atomic E-state index is 12.0. The zero-order chi connectivity index (χ0) is 15.2. The first kappa shape index (κ1) is 16.1. The lowest BCUT2D eigenvalue weighted by Crippen LogP contribution is -2.30. The molecule has 0 atom stereocenters. The third-order valence-electron chi connectivity index (χ3n) is 2.65. The fourth-order valence-electron chi connectivity index (χ4n) is 1.60. The molecule has 0 fully saturated rings. The normalized spacial score (nSPS) is 10.8. The zero-order valence-corrected chi connectivity index (χ0v) is 12.3. The van der Waals surface area contributed by atoms with E-state index in [1.165, 1.54) is 18.2 Å². The van der Waals surface area contributed by atoms with Gasteiger partial charge in [-0.2, -0.15) is 5.26 Å². The zero-order valence-electron chi connectivity index (χ0n) is 11.4. The number of sulfonamides is 1. The predicted octanol–water partition coefficient (Wildman–Crippen LogP) is 0.671. The minimum atomic E-state index is -3.66.